The van der Waals surface area contributed by atoms with Crippen molar-refractivity contribution in [1.29, 1.82) is 0 Å². The maximum Gasteiger partial charge on any atom is 0.238 e. The second kappa shape index (κ2) is 5.51. The molecule has 0 spiro atoms. The third-order valence-electron chi connectivity index (χ3n) is 2.67. The minimum absolute atomic E-state index is 0.0872. The Labute approximate surface area is 124 Å². The summed E-state index contributed by atoms with van der Waals surface area (Å²) in [5, 5.41) is 5.19. The molecule has 2 aromatic rings. The fourth-order valence-corrected chi connectivity index (χ4v) is 3.03. The largest absolute Gasteiger partial charge is 0.497 e. The van der Waals surface area contributed by atoms with Gasteiger partial charge in [-0.2, -0.15) is 0 Å². The van der Waals surface area contributed by atoms with Crippen LogP contribution < -0.4 is 9.88 Å². The van der Waals surface area contributed by atoms with Crippen LogP contribution in [0.4, 0.5) is 4.39 Å². The number of primary sulfonamides is 1. The molecule has 0 saturated heterocycles. The zero-order valence-corrected chi connectivity index (χ0v) is 12.8. The summed E-state index contributed by atoms with van der Waals surface area (Å²) in [5.74, 6) is -0.0367. The number of nitrogens with two attached hydrogens (primary N) is 1. The Balaban J connectivity index is 2.76. The van der Waals surface area contributed by atoms with Gasteiger partial charge >= 0.3 is 0 Å². The van der Waals surface area contributed by atoms with Crippen molar-refractivity contribution in [3.63, 3.8) is 0 Å². The molecule has 0 unspecified atom stereocenters. The van der Waals surface area contributed by atoms with Gasteiger partial charge in [0.25, 0.3) is 0 Å². The van der Waals surface area contributed by atoms with Crippen molar-refractivity contribution >= 4 is 26.0 Å². The Morgan fingerprint density at radius 1 is 1.20 bits per heavy atom. The maximum atomic E-state index is 13.5. The van der Waals surface area contributed by atoms with E-state index >= 15 is 0 Å². The Bertz CT molecular complexity index is 742. The molecule has 2 rings (SSSR count). The smallest absolute Gasteiger partial charge is 0.238 e. The monoisotopic (exact) mass is 359 g/mol. The molecule has 0 heterocycles. The first kappa shape index (κ1) is 15.0. The second-order valence-corrected chi connectivity index (χ2v) is 6.51. The van der Waals surface area contributed by atoms with Gasteiger partial charge in [-0.25, -0.2) is 17.9 Å². The van der Waals surface area contributed by atoms with Gasteiger partial charge in [-0.3, -0.25) is 0 Å². The molecule has 0 bridgehead atoms. The summed E-state index contributed by atoms with van der Waals surface area (Å²) in [6.07, 6.45) is 0. The van der Waals surface area contributed by atoms with Crippen LogP contribution in [0.15, 0.2) is 45.8 Å². The molecule has 0 radical (unpaired) electrons. The number of methoxy groups -OCH3 is 1. The van der Waals surface area contributed by atoms with Crippen molar-refractivity contribution < 1.29 is 17.5 Å². The molecule has 2 N–H and O–H groups in total. The number of ether oxygens (including phenoxy) is 1. The highest BCUT2D eigenvalue weighted by atomic mass is 79.9. The third kappa shape index (κ3) is 3.17. The number of halogens is 2. The SMILES string of the molecule is COc1ccc(S(N)(=O)=O)c(-c2cc(F)cc(Br)c2)c1. The van der Waals surface area contributed by atoms with Crippen molar-refractivity contribution in [3.05, 3.63) is 46.7 Å². The maximum absolute atomic E-state index is 13.5. The van der Waals surface area contributed by atoms with E-state index in [1.807, 2.05) is 0 Å². The number of sulfonamides is 1. The molecule has 4 nitrogen and oxygen atoms in total. The van der Waals surface area contributed by atoms with Crippen molar-refractivity contribution in [2.24, 2.45) is 5.14 Å². The number of benzene rings is 2. The highest BCUT2D eigenvalue weighted by Crippen LogP contribution is 2.32. The van der Waals surface area contributed by atoms with Gasteiger partial charge in [0.05, 0.1) is 12.0 Å². The minimum atomic E-state index is -3.93. The fraction of sp³-hybridized carbons (Fsp3) is 0.0769. The van der Waals surface area contributed by atoms with E-state index in [0.717, 1.165) is 0 Å². The molecule has 0 aliphatic heterocycles. The zero-order valence-electron chi connectivity index (χ0n) is 10.4. The van der Waals surface area contributed by atoms with E-state index in [4.69, 9.17) is 9.88 Å². The molecule has 106 valence electrons. The van der Waals surface area contributed by atoms with E-state index in [1.165, 1.54) is 37.4 Å². The Morgan fingerprint density at radius 2 is 1.90 bits per heavy atom. The van der Waals surface area contributed by atoms with Crippen LogP contribution in [0.3, 0.4) is 0 Å². The highest BCUT2D eigenvalue weighted by Gasteiger charge is 2.17. The average molecular weight is 360 g/mol. The van der Waals surface area contributed by atoms with Gasteiger partial charge in [-0.15, -0.1) is 0 Å². The minimum Gasteiger partial charge on any atom is -0.497 e. The summed E-state index contributed by atoms with van der Waals surface area (Å²) in [4.78, 5) is -0.0872. The van der Waals surface area contributed by atoms with Crippen molar-refractivity contribution in [2.75, 3.05) is 7.11 Å². The molecule has 0 fully saturated rings. The van der Waals surface area contributed by atoms with E-state index < -0.39 is 15.8 Å². The van der Waals surface area contributed by atoms with Crippen molar-refractivity contribution in [3.8, 4) is 16.9 Å². The normalized spacial score (nSPS) is 11.4. The summed E-state index contributed by atoms with van der Waals surface area (Å²) in [7, 11) is -2.47. The van der Waals surface area contributed by atoms with Gasteiger partial charge in [-0.05, 0) is 42.0 Å². The fourth-order valence-electron chi connectivity index (χ4n) is 1.82. The topological polar surface area (TPSA) is 69.4 Å². The third-order valence-corrected chi connectivity index (χ3v) is 4.09. The van der Waals surface area contributed by atoms with Crippen LogP contribution >= 0.6 is 15.9 Å². The molecule has 7 heteroatoms. The van der Waals surface area contributed by atoms with Gasteiger partial charge in [0.15, 0.2) is 0 Å². The van der Waals surface area contributed by atoms with Gasteiger partial charge < -0.3 is 4.74 Å². The van der Waals surface area contributed by atoms with E-state index in [9.17, 15) is 12.8 Å². The summed E-state index contributed by atoms with van der Waals surface area (Å²) < 4.78 is 42.3. The number of hydrogen-bond donors (Lipinski definition) is 1. The number of hydrogen-bond acceptors (Lipinski definition) is 3. The lowest BCUT2D eigenvalue weighted by Crippen LogP contribution is -2.13. The Kier molecular flexibility index (Phi) is 4.12. The van der Waals surface area contributed by atoms with E-state index in [2.05, 4.69) is 15.9 Å². The molecule has 20 heavy (non-hydrogen) atoms. The number of rotatable bonds is 3. The first-order chi connectivity index (χ1) is 9.31. The molecule has 0 amide bonds. The van der Waals surface area contributed by atoms with Crippen LogP contribution in [0.1, 0.15) is 0 Å². The molecule has 0 aromatic heterocycles. The molecule has 0 aliphatic rings. The lowest BCUT2D eigenvalue weighted by Gasteiger charge is -2.11. The molecular formula is C13H11BrFNO3S. The Morgan fingerprint density at radius 3 is 2.45 bits per heavy atom. The molecule has 0 atom stereocenters. The van der Waals surface area contributed by atoms with Gasteiger partial charge in [-0.1, -0.05) is 15.9 Å². The average Bonchev–Trinajstić information content (AvgIpc) is 2.35. The summed E-state index contributed by atoms with van der Waals surface area (Å²) >= 11 is 3.17. The van der Waals surface area contributed by atoms with Crippen LogP contribution in [0.2, 0.25) is 0 Å². The molecular weight excluding hydrogens is 349 g/mol. The van der Waals surface area contributed by atoms with Gasteiger partial charge in [0.1, 0.15) is 11.6 Å². The van der Waals surface area contributed by atoms with Crippen molar-refractivity contribution in [1.82, 2.24) is 0 Å². The lowest BCUT2D eigenvalue weighted by atomic mass is 10.1. The molecule has 0 aliphatic carbocycles. The van der Waals surface area contributed by atoms with E-state index in [0.29, 0.717) is 15.8 Å². The summed E-state index contributed by atoms with van der Waals surface area (Å²) in [5.41, 5.74) is 0.673. The molecule has 0 saturated carbocycles. The van der Waals surface area contributed by atoms with Crippen molar-refractivity contribution in [2.45, 2.75) is 4.90 Å². The predicted molar refractivity (Wildman–Crippen MR) is 77.5 cm³/mol. The lowest BCUT2D eigenvalue weighted by molar-refractivity contribution is 0.414. The molecule has 2 aromatic carbocycles. The second-order valence-electron chi connectivity index (χ2n) is 4.07. The highest BCUT2D eigenvalue weighted by molar-refractivity contribution is 9.10. The van der Waals surface area contributed by atoms with Gasteiger partial charge in [0.2, 0.25) is 10.0 Å². The zero-order chi connectivity index (χ0) is 14.9. The van der Waals surface area contributed by atoms with Gasteiger partial charge in [0, 0.05) is 10.0 Å². The summed E-state index contributed by atoms with van der Waals surface area (Å²) in [6, 6.07) is 8.43. The standard InChI is InChI=1S/C13H11BrFNO3S/c1-19-11-2-3-13(20(16,17)18)12(7-11)8-4-9(14)6-10(15)5-8/h2-7H,1H3,(H2,16,17,18). The van der Waals surface area contributed by atoms with E-state index in [1.54, 1.807) is 6.07 Å². The van der Waals surface area contributed by atoms with E-state index in [-0.39, 0.29) is 10.5 Å². The predicted octanol–water partition coefficient (Wildman–Crippen LogP) is 2.91. The van der Waals surface area contributed by atoms with Crippen LogP contribution in [-0.4, -0.2) is 15.5 Å². The summed E-state index contributed by atoms with van der Waals surface area (Å²) in [6.45, 7) is 0. The van der Waals surface area contributed by atoms with Crippen LogP contribution in [-0.2, 0) is 10.0 Å². The first-order valence-electron chi connectivity index (χ1n) is 5.48. The Hall–Kier alpha value is -1.44. The quantitative estimate of drug-likeness (QED) is 0.915. The van der Waals surface area contributed by atoms with Crippen LogP contribution in [0.5, 0.6) is 5.75 Å². The first-order valence-corrected chi connectivity index (χ1v) is 7.82. The van der Waals surface area contributed by atoms with Crippen LogP contribution in [0, 0.1) is 5.82 Å². The van der Waals surface area contributed by atoms with Crippen LogP contribution in [0.25, 0.3) is 11.1 Å².